The van der Waals surface area contributed by atoms with Gasteiger partial charge in [-0.1, -0.05) is 72.8 Å². The molecule has 1 heterocycles. The van der Waals surface area contributed by atoms with Gasteiger partial charge in [0, 0.05) is 0 Å². The molecule has 0 bridgehead atoms. The molecular formula is C35H30O9. The predicted molar refractivity (Wildman–Crippen MR) is 158 cm³/mol. The lowest BCUT2D eigenvalue weighted by Gasteiger charge is -2.43. The highest BCUT2D eigenvalue weighted by Crippen LogP contribution is 2.31. The number of esters is 4. The zero-order valence-electron chi connectivity index (χ0n) is 23.8. The first-order valence-electron chi connectivity index (χ1n) is 14.1. The molecule has 0 radical (unpaired) electrons. The molecule has 5 atom stereocenters. The van der Waals surface area contributed by atoms with Crippen molar-refractivity contribution < 1.29 is 42.9 Å². The number of carbonyl (C=O) groups excluding carboxylic acids is 4. The highest BCUT2D eigenvalue weighted by molar-refractivity contribution is 5.91. The van der Waals surface area contributed by atoms with Crippen molar-refractivity contribution in [1.29, 1.82) is 0 Å². The SMILES string of the molecule is CC1O[C@H](COC(=O)c2ccccc2)[C@@H](OC(=O)c2ccccc2)[C@H](OC(=O)c2ccccc2)[C@H]1OC(=O)c1ccccc1. The Morgan fingerprint density at radius 3 is 1.25 bits per heavy atom. The zero-order valence-corrected chi connectivity index (χ0v) is 23.8. The molecular weight excluding hydrogens is 564 g/mol. The third-order valence-electron chi connectivity index (χ3n) is 7.01. The fraction of sp³-hybridized carbons (Fsp3) is 0.200. The molecule has 224 valence electrons. The molecule has 4 aromatic carbocycles. The Bertz CT molecular complexity index is 1560. The maximum absolute atomic E-state index is 13.4. The average Bonchev–Trinajstić information content (AvgIpc) is 3.07. The third kappa shape index (κ3) is 7.37. The first-order chi connectivity index (χ1) is 21.4. The minimum atomic E-state index is -1.33. The van der Waals surface area contributed by atoms with E-state index in [1.165, 1.54) is 0 Å². The molecule has 0 spiro atoms. The highest BCUT2D eigenvalue weighted by atomic mass is 16.7. The van der Waals surface area contributed by atoms with Crippen molar-refractivity contribution in [2.45, 2.75) is 37.4 Å². The van der Waals surface area contributed by atoms with Gasteiger partial charge in [0.25, 0.3) is 0 Å². The Morgan fingerprint density at radius 2 is 0.841 bits per heavy atom. The van der Waals surface area contributed by atoms with E-state index in [1.54, 1.807) is 128 Å². The maximum atomic E-state index is 13.4. The summed E-state index contributed by atoms with van der Waals surface area (Å²) in [6, 6.07) is 33.1. The number of hydrogen-bond donors (Lipinski definition) is 0. The third-order valence-corrected chi connectivity index (χ3v) is 7.01. The molecule has 1 aliphatic heterocycles. The second-order valence-electron chi connectivity index (χ2n) is 10.1. The lowest BCUT2D eigenvalue weighted by molar-refractivity contribution is -0.224. The Labute approximate surface area is 254 Å². The summed E-state index contributed by atoms with van der Waals surface area (Å²) in [6.45, 7) is 1.29. The van der Waals surface area contributed by atoms with Gasteiger partial charge >= 0.3 is 23.9 Å². The molecule has 0 saturated carbocycles. The number of rotatable bonds is 9. The molecule has 0 aliphatic carbocycles. The van der Waals surface area contributed by atoms with Gasteiger partial charge in [-0.2, -0.15) is 0 Å². The van der Waals surface area contributed by atoms with Crippen LogP contribution >= 0.6 is 0 Å². The van der Waals surface area contributed by atoms with E-state index in [4.69, 9.17) is 23.7 Å². The van der Waals surface area contributed by atoms with Crippen molar-refractivity contribution in [3.8, 4) is 0 Å². The fourth-order valence-electron chi connectivity index (χ4n) is 4.78. The van der Waals surface area contributed by atoms with Crippen molar-refractivity contribution in [2.24, 2.45) is 0 Å². The second kappa shape index (κ2) is 14.3. The van der Waals surface area contributed by atoms with Crippen molar-refractivity contribution in [1.82, 2.24) is 0 Å². The zero-order chi connectivity index (χ0) is 30.9. The average molecular weight is 595 g/mol. The molecule has 5 rings (SSSR count). The van der Waals surface area contributed by atoms with Crippen molar-refractivity contribution in [3.63, 3.8) is 0 Å². The van der Waals surface area contributed by atoms with Gasteiger partial charge in [-0.25, -0.2) is 19.2 Å². The summed E-state index contributed by atoms with van der Waals surface area (Å²) in [4.78, 5) is 52.6. The van der Waals surface area contributed by atoms with E-state index < -0.39 is 54.4 Å². The fourth-order valence-corrected chi connectivity index (χ4v) is 4.78. The van der Waals surface area contributed by atoms with E-state index in [-0.39, 0.29) is 23.3 Å². The van der Waals surface area contributed by atoms with Gasteiger partial charge in [0.05, 0.1) is 28.4 Å². The lowest BCUT2D eigenvalue weighted by atomic mass is 9.94. The number of carbonyl (C=O) groups is 4. The van der Waals surface area contributed by atoms with Gasteiger partial charge in [0.2, 0.25) is 0 Å². The summed E-state index contributed by atoms with van der Waals surface area (Å²) in [5.74, 6) is -2.77. The first-order valence-corrected chi connectivity index (χ1v) is 14.1. The Balaban J connectivity index is 1.48. The van der Waals surface area contributed by atoms with E-state index >= 15 is 0 Å². The summed E-state index contributed by atoms with van der Waals surface area (Å²) in [5.41, 5.74) is 1.05. The Kier molecular flexibility index (Phi) is 9.78. The van der Waals surface area contributed by atoms with Crippen LogP contribution in [0.5, 0.6) is 0 Å². The Morgan fingerprint density at radius 1 is 0.500 bits per heavy atom. The monoisotopic (exact) mass is 594 g/mol. The van der Waals surface area contributed by atoms with Crippen molar-refractivity contribution in [2.75, 3.05) is 6.61 Å². The first kappa shape index (κ1) is 30.2. The largest absolute Gasteiger partial charge is 0.459 e. The minimum absolute atomic E-state index is 0.233. The van der Waals surface area contributed by atoms with Crippen LogP contribution in [0.2, 0.25) is 0 Å². The van der Waals surface area contributed by atoms with Crippen molar-refractivity contribution in [3.05, 3.63) is 144 Å². The molecule has 44 heavy (non-hydrogen) atoms. The standard InChI is InChI=1S/C35H30O9/c1-23-29(42-33(37)25-16-8-3-9-17-25)31(44-35(39)27-20-12-5-13-21-27)30(43-34(38)26-18-10-4-11-19-26)28(41-23)22-40-32(36)24-14-6-2-7-15-24/h2-21,23,28-31H,22H2,1H3/t23?,28-,29+,30-,31-/m1/s1. The van der Waals surface area contributed by atoms with E-state index in [1.807, 2.05) is 0 Å². The minimum Gasteiger partial charge on any atom is -0.459 e. The van der Waals surface area contributed by atoms with E-state index in [2.05, 4.69) is 0 Å². The molecule has 9 heteroatoms. The van der Waals surface area contributed by atoms with Gasteiger partial charge in [-0.3, -0.25) is 0 Å². The van der Waals surface area contributed by atoms with E-state index in [0.29, 0.717) is 5.56 Å². The van der Waals surface area contributed by atoms with Crippen LogP contribution in [0.25, 0.3) is 0 Å². The van der Waals surface area contributed by atoms with Crippen LogP contribution in [0.4, 0.5) is 0 Å². The van der Waals surface area contributed by atoms with Gasteiger partial charge in [-0.15, -0.1) is 0 Å². The predicted octanol–water partition coefficient (Wildman–Crippen LogP) is 5.31. The quantitative estimate of drug-likeness (QED) is 0.188. The molecule has 0 N–H and O–H groups in total. The number of hydrogen-bond acceptors (Lipinski definition) is 9. The lowest BCUT2D eigenvalue weighted by Crippen LogP contribution is -2.61. The molecule has 4 aromatic rings. The maximum Gasteiger partial charge on any atom is 0.338 e. The van der Waals surface area contributed by atoms with Crippen LogP contribution in [0, 0.1) is 0 Å². The summed E-state index contributed by atoms with van der Waals surface area (Å²) in [6.07, 6.45) is -5.78. The van der Waals surface area contributed by atoms with Gasteiger partial charge < -0.3 is 23.7 Å². The van der Waals surface area contributed by atoms with Crippen LogP contribution < -0.4 is 0 Å². The van der Waals surface area contributed by atoms with Gasteiger partial charge in [0.1, 0.15) is 12.7 Å². The van der Waals surface area contributed by atoms with Crippen LogP contribution in [0.3, 0.4) is 0 Å². The van der Waals surface area contributed by atoms with E-state index in [0.717, 1.165) is 0 Å². The second-order valence-corrected chi connectivity index (χ2v) is 10.1. The van der Waals surface area contributed by atoms with Gasteiger partial charge in [0.15, 0.2) is 18.3 Å². The topological polar surface area (TPSA) is 114 Å². The number of benzene rings is 4. The summed E-state index contributed by atoms with van der Waals surface area (Å²) in [5, 5.41) is 0. The van der Waals surface area contributed by atoms with Crippen LogP contribution in [0.1, 0.15) is 48.4 Å². The summed E-state index contributed by atoms with van der Waals surface area (Å²) >= 11 is 0. The van der Waals surface area contributed by atoms with Crippen LogP contribution in [-0.2, 0) is 23.7 Å². The van der Waals surface area contributed by atoms with Gasteiger partial charge in [-0.05, 0) is 55.5 Å². The van der Waals surface area contributed by atoms with Crippen LogP contribution in [-0.4, -0.2) is 61.0 Å². The van der Waals surface area contributed by atoms with Crippen LogP contribution in [0.15, 0.2) is 121 Å². The molecule has 1 fully saturated rings. The molecule has 9 nitrogen and oxygen atoms in total. The summed E-state index contributed by atoms with van der Waals surface area (Å²) < 4.78 is 29.5. The highest BCUT2D eigenvalue weighted by Gasteiger charge is 2.51. The smallest absolute Gasteiger partial charge is 0.338 e. The number of ether oxygens (including phenoxy) is 5. The molecule has 0 amide bonds. The van der Waals surface area contributed by atoms with Crippen molar-refractivity contribution >= 4 is 23.9 Å². The molecule has 1 unspecified atom stereocenters. The molecule has 1 saturated heterocycles. The molecule has 0 aromatic heterocycles. The molecule has 1 aliphatic rings. The normalized spacial score (nSPS) is 21.0. The van der Waals surface area contributed by atoms with E-state index in [9.17, 15) is 19.2 Å². The summed E-state index contributed by atoms with van der Waals surface area (Å²) in [7, 11) is 0. The Hall–Kier alpha value is -5.28.